The van der Waals surface area contributed by atoms with E-state index in [-0.39, 0.29) is 0 Å². The van der Waals surface area contributed by atoms with Gasteiger partial charge in [0, 0.05) is 0 Å². The molecule has 1 aliphatic heterocycles. The lowest BCUT2D eigenvalue weighted by molar-refractivity contribution is 0.233. The number of hydrogen-bond acceptors (Lipinski definition) is 1. The average molecular weight is 170 g/mol. The molecule has 2 unspecified atom stereocenters. The molecule has 0 aromatic rings. The van der Waals surface area contributed by atoms with Gasteiger partial charge in [-0.15, -0.1) is 0 Å². The molecule has 0 radical (unpaired) electrons. The summed E-state index contributed by atoms with van der Waals surface area (Å²) in [4.78, 5) is 0. The molecule has 2 atom stereocenters. The normalized spacial score (nSPS) is 29.0. The van der Waals surface area contributed by atoms with Gasteiger partial charge >= 0.3 is 0 Å². The molecule has 1 heteroatoms. The highest BCUT2D eigenvalue weighted by molar-refractivity contribution is 4.89. The summed E-state index contributed by atoms with van der Waals surface area (Å²) in [6.45, 7) is 9.15. The van der Waals surface area contributed by atoms with E-state index in [2.05, 4.69) is 27.7 Å². The van der Waals surface area contributed by atoms with E-state index in [1.807, 2.05) is 0 Å². The van der Waals surface area contributed by atoms with E-state index in [1.165, 1.54) is 25.7 Å². The lowest BCUT2D eigenvalue weighted by atomic mass is 9.80. The summed E-state index contributed by atoms with van der Waals surface area (Å²) in [6, 6.07) is 0. The standard InChI is InChI=1S/C11H22O/c1-5-9-10(12-9)8-11(4,6-2)7-3/h9-10H,5-8H2,1-4H3. The monoisotopic (exact) mass is 170 g/mol. The van der Waals surface area contributed by atoms with Gasteiger partial charge in [-0.2, -0.15) is 0 Å². The molecular weight excluding hydrogens is 148 g/mol. The Bertz CT molecular complexity index is 138. The van der Waals surface area contributed by atoms with Crippen LogP contribution in [-0.2, 0) is 4.74 Å². The summed E-state index contributed by atoms with van der Waals surface area (Å²) in [5, 5.41) is 0. The second kappa shape index (κ2) is 3.78. The summed E-state index contributed by atoms with van der Waals surface area (Å²) < 4.78 is 5.57. The van der Waals surface area contributed by atoms with Crippen LogP contribution in [0.2, 0.25) is 0 Å². The van der Waals surface area contributed by atoms with Gasteiger partial charge in [-0.3, -0.25) is 0 Å². The third kappa shape index (κ3) is 2.22. The average Bonchev–Trinajstić information content (AvgIpc) is 2.83. The molecule has 0 N–H and O–H groups in total. The fourth-order valence-electron chi connectivity index (χ4n) is 1.74. The highest BCUT2D eigenvalue weighted by atomic mass is 16.6. The third-order valence-electron chi connectivity index (χ3n) is 3.49. The number of rotatable bonds is 5. The van der Waals surface area contributed by atoms with E-state index in [0.717, 1.165) is 0 Å². The van der Waals surface area contributed by atoms with Gasteiger partial charge in [0.2, 0.25) is 0 Å². The fraction of sp³-hybridized carbons (Fsp3) is 1.00. The molecule has 0 spiro atoms. The van der Waals surface area contributed by atoms with Gasteiger partial charge in [-0.1, -0.05) is 40.5 Å². The maximum absolute atomic E-state index is 5.57. The molecule has 1 heterocycles. The van der Waals surface area contributed by atoms with Crippen molar-refractivity contribution in [2.75, 3.05) is 0 Å². The van der Waals surface area contributed by atoms with Gasteiger partial charge < -0.3 is 4.74 Å². The van der Waals surface area contributed by atoms with Crippen LogP contribution in [0.15, 0.2) is 0 Å². The van der Waals surface area contributed by atoms with Crippen molar-refractivity contribution in [2.24, 2.45) is 5.41 Å². The van der Waals surface area contributed by atoms with E-state index < -0.39 is 0 Å². The first-order valence-corrected chi connectivity index (χ1v) is 5.30. The number of epoxide rings is 1. The molecule has 72 valence electrons. The largest absolute Gasteiger partial charge is 0.370 e. The van der Waals surface area contributed by atoms with Gasteiger partial charge in [0.05, 0.1) is 12.2 Å². The van der Waals surface area contributed by atoms with E-state index in [1.54, 1.807) is 0 Å². The molecule has 1 rings (SSSR count). The van der Waals surface area contributed by atoms with Crippen molar-refractivity contribution in [1.29, 1.82) is 0 Å². The Morgan fingerprint density at radius 2 is 1.67 bits per heavy atom. The van der Waals surface area contributed by atoms with Gasteiger partial charge in [-0.25, -0.2) is 0 Å². The van der Waals surface area contributed by atoms with Crippen LogP contribution < -0.4 is 0 Å². The van der Waals surface area contributed by atoms with Crippen LogP contribution in [0.25, 0.3) is 0 Å². The number of ether oxygens (including phenoxy) is 1. The molecule has 12 heavy (non-hydrogen) atoms. The zero-order valence-corrected chi connectivity index (χ0v) is 8.89. The lowest BCUT2D eigenvalue weighted by Gasteiger charge is -2.25. The smallest absolute Gasteiger partial charge is 0.0847 e. The van der Waals surface area contributed by atoms with Crippen molar-refractivity contribution < 1.29 is 4.74 Å². The van der Waals surface area contributed by atoms with Gasteiger partial charge in [0.25, 0.3) is 0 Å². The van der Waals surface area contributed by atoms with E-state index in [9.17, 15) is 0 Å². The molecule has 0 bridgehead atoms. The molecule has 0 aromatic heterocycles. The van der Waals surface area contributed by atoms with Gasteiger partial charge in [0.1, 0.15) is 0 Å². The molecule has 0 amide bonds. The van der Waals surface area contributed by atoms with E-state index in [4.69, 9.17) is 4.74 Å². The third-order valence-corrected chi connectivity index (χ3v) is 3.49. The van der Waals surface area contributed by atoms with Crippen molar-refractivity contribution in [3.05, 3.63) is 0 Å². The molecule has 0 aliphatic carbocycles. The summed E-state index contributed by atoms with van der Waals surface area (Å²) in [6.07, 6.45) is 6.18. The minimum absolute atomic E-state index is 0.522. The first-order valence-electron chi connectivity index (χ1n) is 5.30. The SMILES string of the molecule is CCC1OC1CC(C)(CC)CC. The Labute approximate surface area is 76.5 Å². The summed E-state index contributed by atoms with van der Waals surface area (Å²) in [5.41, 5.74) is 0.522. The van der Waals surface area contributed by atoms with Crippen LogP contribution in [0.3, 0.4) is 0 Å². The highest BCUT2D eigenvalue weighted by Gasteiger charge is 2.40. The van der Waals surface area contributed by atoms with Crippen molar-refractivity contribution in [2.45, 2.75) is 65.6 Å². The zero-order chi connectivity index (χ0) is 9.19. The van der Waals surface area contributed by atoms with Crippen molar-refractivity contribution in [3.8, 4) is 0 Å². The van der Waals surface area contributed by atoms with Crippen LogP contribution in [0.1, 0.15) is 53.4 Å². The van der Waals surface area contributed by atoms with Crippen LogP contribution in [0.4, 0.5) is 0 Å². The maximum Gasteiger partial charge on any atom is 0.0847 e. The quantitative estimate of drug-likeness (QED) is 0.576. The Balaban J connectivity index is 2.30. The lowest BCUT2D eigenvalue weighted by Crippen LogP contribution is -2.17. The molecule has 1 aliphatic rings. The molecule has 1 saturated heterocycles. The fourth-order valence-corrected chi connectivity index (χ4v) is 1.74. The highest BCUT2D eigenvalue weighted by Crippen LogP contribution is 2.39. The van der Waals surface area contributed by atoms with Crippen molar-refractivity contribution >= 4 is 0 Å². The summed E-state index contributed by atoms with van der Waals surface area (Å²) in [7, 11) is 0. The van der Waals surface area contributed by atoms with Crippen LogP contribution in [-0.4, -0.2) is 12.2 Å². The first kappa shape index (κ1) is 10.0. The van der Waals surface area contributed by atoms with Crippen LogP contribution in [0, 0.1) is 5.41 Å². The van der Waals surface area contributed by atoms with Crippen LogP contribution in [0.5, 0.6) is 0 Å². The zero-order valence-electron chi connectivity index (χ0n) is 8.89. The second-order valence-corrected chi connectivity index (χ2v) is 4.34. The molecular formula is C11H22O. The molecule has 1 nitrogen and oxygen atoms in total. The minimum Gasteiger partial charge on any atom is -0.370 e. The Hall–Kier alpha value is -0.0400. The predicted molar refractivity (Wildman–Crippen MR) is 52.3 cm³/mol. The van der Waals surface area contributed by atoms with Gasteiger partial charge in [-0.05, 0) is 18.3 Å². The molecule has 0 saturated carbocycles. The Morgan fingerprint density at radius 1 is 1.08 bits per heavy atom. The first-order chi connectivity index (χ1) is 5.65. The Morgan fingerprint density at radius 3 is 2.00 bits per heavy atom. The minimum atomic E-state index is 0.522. The molecule has 0 aromatic carbocycles. The second-order valence-electron chi connectivity index (χ2n) is 4.34. The topological polar surface area (TPSA) is 12.5 Å². The van der Waals surface area contributed by atoms with E-state index >= 15 is 0 Å². The summed E-state index contributed by atoms with van der Waals surface area (Å²) >= 11 is 0. The summed E-state index contributed by atoms with van der Waals surface area (Å²) in [5.74, 6) is 0. The molecule has 1 fully saturated rings. The predicted octanol–water partition coefficient (Wildman–Crippen LogP) is 3.38. The van der Waals surface area contributed by atoms with Gasteiger partial charge in [0.15, 0.2) is 0 Å². The van der Waals surface area contributed by atoms with Crippen molar-refractivity contribution in [1.82, 2.24) is 0 Å². The Kier molecular flexibility index (Phi) is 3.16. The van der Waals surface area contributed by atoms with Crippen molar-refractivity contribution in [3.63, 3.8) is 0 Å². The van der Waals surface area contributed by atoms with Crippen LogP contribution >= 0.6 is 0 Å². The van der Waals surface area contributed by atoms with E-state index in [0.29, 0.717) is 17.6 Å². The number of hydrogen-bond donors (Lipinski definition) is 0. The maximum atomic E-state index is 5.57.